The fourth-order valence-electron chi connectivity index (χ4n) is 4.01. The van der Waals surface area contributed by atoms with Gasteiger partial charge in [0.1, 0.15) is 11.9 Å². The average Bonchev–Trinajstić information content (AvgIpc) is 2.78. The molecule has 0 saturated carbocycles. The lowest BCUT2D eigenvalue weighted by Crippen LogP contribution is -2.42. The van der Waals surface area contributed by atoms with Crippen molar-refractivity contribution in [2.45, 2.75) is 32.8 Å². The minimum Gasteiger partial charge on any atom is -0.368 e. The van der Waals surface area contributed by atoms with Crippen LogP contribution >= 0.6 is 0 Å². The summed E-state index contributed by atoms with van der Waals surface area (Å²) in [6.45, 7) is 5.16. The van der Waals surface area contributed by atoms with Gasteiger partial charge in [0.05, 0.1) is 24.5 Å². The van der Waals surface area contributed by atoms with E-state index in [1.165, 1.54) is 12.1 Å². The summed E-state index contributed by atoms with van der Waals surface area (Å²) in [6.07, 6.45) is 0.592. The van der Waals surface area contributed by atoms with Crippen LogP contribution < -0.4 is 5.73 Å². The van der Waals surface area contributed by atoms with Gasteiger partial charge >= 0.3 is 0 Å². The summed E-state index contributed by atoms with van der Waals surface area (Å²) < 4.78 is 19.5. The number of hydrogen-bond donors (Lipinski definition) is 1. The Morgan fingerprint density at radius 1 is 1.16 bits per heavy atom. The summed E-state index contributed by atoms with van der Waals surface area (Å²) in [5, 5.41) is 0. The molecule has 2 aromatic heterocycles. The molecule has 0 spiro atoms. The monoisotopic (exact) mass is 435 g/mol. The molecule has 3 heterocycles. The van der Waals surface area contributed by atoms with Crippen molar-refractivity contribution >= 4 is 11.9 Å². The second-order valence-corrected chi connectivity index (χ2v) is 7.89. The smallest absolute Gasteiger partial charge is 0.223 e. The van der Waals surface area contributed by atoms with Gasteiger partial charge in [-0.15, -0.1) is 0 Å². The topological polar surface area (TPSA) is 94.2 Å². The number of aryl methyl sites for hydroxylation is 2. The molecule has 4 rings (SSSR count). The van der Waals surface area contributed by atoms with Crippen LogP contribution in [0.1, 0.15) is 35.2 Å². The minimum absolute atomic E-state index is 0.0511. The summed E-state index contributed by atoms with van der Waals surface area (Å²) in [7, 11) is 0. The maximum absolute atomic E-state index is 13.6. The van der Waals surface area contributed by atoms with E-state index >= 15 is 0 Å². The van der Waals surface area contributed by atoms with Crippen molar-refractivity contribution in [1.29, 1.82) is 0 Å². The second-order valence-electron chi connectivity index (χ2n) is 7.89. The zero-order chi connectivity index (χ0) is 22.7. The molecule has 1 amide bonds. The van der Waals surface area contributed by atoms with Crippen molar-refractivity contribution in [2.24, 2.45) is 0 Å². The number of morpholine rings is 1. The molecule has 0 bridgehead atoms. The van der Waals surface area contributed by atoms with Gasteiger partial charge in [-0.3, -0.25) is 4.79 Å². The third kappa shape index (κ3) is 4.91. The summed E-state index contributed by atoms with van der Waals surface area (Å²) in [5.74, 6) is -0.00773. The number of nitrogen functional groups attached to an aromatic ring is 1. The number of anilines is 1. The van der Waals surface area contributed by atoms with Crippen LogP contribution in [0.2, 0.25) is 0 Å². The number of nitrogens with zero attached hydrogens (tertiary/aromatic N) is 4. The number of carbonyl (C=O) groups excluding carboxylic acids is 1. The molecule has 32 heavy (non-hydrogen) atoms. The van der Waals surface area contributed by atoms with Crippen molar-refractivity contribution < 1.29 is 13.9 Å². The van der Waals surface area contributed by atoms with Crippen LogP contribution in [-0.4, -0.2) is 45.5 Å². The van der Waals surface area contributed by atoms with Crippen molar-refractivity contribution in [3.8, 4) is 11.3 Å². The molecule has 0 unspecified atom stereocenters. The standard InChI is InChI=1S/C24H26FN5O2/c1-15-19(16(2)28-24(26)27-15)9-10-23(31)30-11-12-32-22(14-30)21-8-4-7-20(29-21)17-5-3-6-18(25)13-17/h3-8,13,22H,9-12,14H2,1-2H3,(H2,26,27,28)/t22-/m1/s1. The molecule has 1 aliphatic heterocycles. The van der Waals surface area contributed by atoms with Crippen LogP contribution in [0.5, 0.6) is 0 Å². The van der Waals surface area contributed by atoms with Gasteiger partial charge in [-0.1, -0.05) is 18.2 Å². The molecular formula is C24H26FN5O2. The lowest BCUT2D eigenvalue weighted by molar-refractivity contribution is -0.139. The number of aromatic nitrogens is 3. The number of pyridine rings is 1. The van der Waals surface area contributed by atoms with Crippen LogP contribution in [0.3, 0.4) is 0 Å². The van der Waals surface area contributed by atoms with E-state index in [0.29, 0.717) is 43.8 Å². The van der Waals surface area contributed by atoms with E-state index in [1.54, 1.807) is 6.07 Å². The molecule has 1 aliphatic rings. The van der Waals surface area contributed by atoms with Gasteiger partial charge in [0.15, 0.2) is 0 Å². The van der Waals surface area contributed by atoms with Gasteiger partial charge in [-0.25, -0.2) is 19.3 Å². The van der Waals surface area contributed by atoms with Gasteiger partial charge in [-0.05, 0) is 50.1 Å². The third-order valence-corrected chi connectivity index (χ3v) is 5.67. The summed E-state index contributed by atoms with van der Waals surface area (Å²) in [5.41, 5.74) is 10.4. The highest BCUT2D eigenvalue weighted by atomic mass is 19.1. The van der Waals surface area contributed by atoms with E-state index < -0.39 is 0 Å². The van der Waals surface area contributed by atoms with Gasteiger partial charge in [-0.2, -0.15) is 0 Å². The Morgan fingerprint density at radius 2 is 1.91 bits per heavy atom. The van der Waals surface area contributed by atoms with Gasteiger partial charge in [0, 0.05) is 29.9 Å². The van der Waals surface area contributed by atoms with E-state index in [9.17, 15) is 9.18 Å². The molecule has 1 aromatic carbocycles. The fourth-order valence-corrected chi connectivity index (χ4v) is 4.01. The fraction of sp³-hybridized carbons (Fsp3) is 0.333. The molecule has 1 saturated heterocycles. The Labute approximate surface area is 186 Å². The van der Waals surface area contributed by atoms with Crippen molar-refractivity contribution in [3.05, 3.63) is 70.9 Å². The quantitative estimate of drug-likeness (QED) is 0.660. The first-order valence-electron chi connectivity index (χ1n) is 10.6. The number of ether oxygens (including phenoxy) is 1. The Morgan fingerprint density at radius 3 is 2.66 bits per heavy atom. The summed E-state index contributed by atoms with van der Waals surface area (Å²) >= 11 is 0. The number of nitrogens with two attached hydrogens (primary N) is 1. The average molecular weight is 436 g/mol. The van der Waals surface area contributed by atoms with E-state index in [1.807, 2.05) is 43.0 Å². The zero-order valence-electron chi connectivity index (χ0n) is 18.2. The van der Waals surface area contributed by atoms with E-state index in [2.05, 4.69) is 15.0 Å². The maximum atomic E-state index is 13.6. The Hall–Kier alpha value is -3.39. The predicted octanol–water partition coefficient (Wildman–Crippen LogP) is 3.41. The SMILES string of the molecule is Cc1nc(N)nc(C)c1CCC(=O)N1CCO[C@@H](c2cccc(-c3cccc(F)c3)n2)C1. The van der Waals surface area contributed by atoms with Gasteiger partial charge in [0.25, 0.3) is 0 Å². The van der Waals surface area contributed by atoms with Crippen LogP contribution in [0.15, 0.2) is 42.5 Å². The van der Waals surface area contributed by atoms with E-state index in [4.69, 9.17) is 10.5 Å². The highest BCUT2D eigenvalue weighted by Gasteiger charge is 2.26. The Bertz CT molecular complexity index is 1110. The highest BCUT2D eigenvalue weighted by molar-refractivity contribution is 5.76. The largest absolute Gasteiger partial charge is 0.368 e. The number of carbonyl (C=O) groups is 1. The molecule has 166 valence electrons. The van der Waals surface area contributed by atoms with Crippen molar-refractivity contribution in [1.82, 2.24) is 19.9 Å². The summed E-state index contributed by atoms with van der Waals surface area (Å²) in [6, 6.07) is 11.9. The second kappa shape index (κ2) is 9.40. The van der Waals surface area contributed by atoms with Crippen molar-refractivity contribution in [3.63, 3.8) is 0 Å². The van der Waals surface area contributed by atoms with Crippen molar-refractivity contribution in [2.75, 3.05) is 25.4 Å². The molecule has 7 nitrogen and oxygen atoms in total. The van der Waals surface area contributed by atoms with E-state index in [0.717, 1.165) is 22.6 Å². The first-order valence-corrected chi connectivity index (χ1v) is 10.6. The summed E-state index contributed by atoms with van der Waals surface area (Å²) in [4.78, 5) is 27.8. The van der Waals surface area contributed by atoms with Crippen LogP contribution in [0.25, 0.3) is 11.3 Å². The van der Waals surface area contributed by atoms with Crippen LogP contribution in [0.4, 0.5) is 10.3 Å². The lowest BCUT2D eigenvalue weighted by Gasteiger charge is -2.33. The molecule has 0 aliphatic carbocycles. The Balaban J connectivity index is 1.43. The van der Waals surface area contributed by atoms with Gasteiger partial charge in [0.2, 0.25) is 11.9 Å². The normalized spacial score (nSPS) is 16.2. The molecule has 1 fully saturated rings. The van der Waals surface area contributed by atoms with Crippen LogP contribution in [-0.2, 0) is 16.0 Å². The molecule has 0 radical (unpaired) electrons. The number of benzene rings is 1. The minimum atomic E-state index is -0.329. The number of halogens is 1. The lowest BCUT2D eigenvalue weighted by atomic mass is 10.1. The first-order chi connectivity index (χ1) is 15.4. The molecule has 3 aromatic rings. The van der Waals surface area contributed by atoms with Gasteiger partial charge < -0.3 is 15.4 Å². The zero-order valence-corrected chi connectivity index (χ0v) is 18.2. The molecule has 8 heteroatoms. The number of hydrogen-bond acceptors (Lipinski definition) is 6. The maximum Gasteiger partial charge on any atom is 0.223 e. The molecular weight excluding hydrogens is 409 g/mol. The number of amides is 1. The van der Waals surface area contributed by atoms with E-state index in [-0.39, 0.29) is 23.8 Å². The molecule has 2 N–H and O–H groups in total. The molecule has 1 atom stereocenters. The highest BCUT2D eigenvalue weighted by Crippen LogP contribution is 2.25. The number of rotatable bonds is 5. The van der Waals surface area contributed by atoms with Crippen LogP contribution in [0, 0.1) is 19.7 Å². The third-order valence-electron chi connectivity index (χ3n) is 5.67. The predicted molar refractivity (Wildman–Crippen MR) is 119 cm³/mol. The Kier molecular flexibility index (Phi) is 6.41. The first kappa shape index (κ1) is 21.8.